The molecule has 0 aliphatic carbocycles. The topological polar surface area (TPSA) is 112 Å². The van der Waals surface area contributed by atoms with Crippen molar-refractivity contribution >= 4 is 23.4 Å². The van der Waals surface area contributed by atoms with Crippen LogP contribution in [-0.4, -0.2) is 78.8 Å². The number of nitrogens with zero attached hydrogens (tertiary/aromatic N) is 4. The lowest BCUT2D eigenvalue weighted by atomic mass is 10.0. The number of carbonyl (C=O) groups excluding carboxylic acids is 2. The Labute approximate surface area is 212 Å². The van der Waals surface area contributed by atoms with E-state index in [1.165, 1.54) is 0 Å². The van der Waals surface area contributed by atoms with Crippen LogP contribution in [-0.2, 0) is 22.5 Å². The molecule has 1 fully saturated rings. The van der Waals surface area contributed by atoms with E-state index >= 15 is 0 Å². The van der Waals surface area contributed by atoms with Crippen molar-refractivity contribution in [3.05, 3.63) is 35.5 Å². The summed E-state index contributed by atoms with van der Waals surface area (Å²) in [5, 5.41) is 8.52. The van der Waals surface area contributed by atoms with E-state index in [1.807, 2.05) is 38.1 Å². The molecular formula is C26H37N7O3. The summed E-state index contributed by atoms with van der Waals surface area (Å²) in [6.07, 6.45) is 1.72. The van der Waals surface area contributed by atoms with Gasteiger partial charge in [-0.1, -0.05) is 6.92 Å². The summed E-state index contributed by atoms with van der Waals surface area (Å²) in [6, 6.07) is 7.54. The van der Waals surface area contributed by atoms with Crippen molar-refractivity contribution in [1.29, 1.82) is 0 Å². The van der Waals surface area contributed by atoms with Crippen molar-refractivity contribution in [3.63, 3.8) is 0 Å². The average Bonchev–Trinajstić information content (AvgIpc) is 2.87. The Kier molecular flexibility index (Phi) is 8.71. The second-order valence-corrected chi connectivity index (χ2v) is 9.29. The molecule has 1 saturated heterocycles. The zero-order chi connectivity index (χ0) is 25.5. The van der Waals surface area contributed by atoms with Gasteiger partial charge in [-0.25, -0.2) is 14.8 Å². The molecule has 4 rings (SSSR count). The van der Waals surface area contributed by atoms with E-state index in [4.69, 9.17) is 14.7 Å². The highest BCUT2D eigenvalue weighted by Gasteiger charge is 2.29. The Hall–Kier alpha value is -3.24. The number of hydrogen-bond acceptors (Lipinski definition) is 7. The molecule has 0 saturated carbocycles. The molecule has 0 radical (unpaired) electrons. The van der Waals surface area contributed by atoms with Crippen LogP contribution in [0, 0.1) is 0 Å². The van der Waals surface area contributed by atoms with E-state index in [9.17, 15) is 9.59 Å². The van der Waals surface area contributed by atoms with E-state index in [-0.39, 0.29) is 18.0 Å². The van der Waals surface area contributed by atoms with Crippen LogP contribution in [0.1, 0.15) is 38.4 Å². The number of morpholine rings is 1. The van der Waals surface area contributed by atoms with Gasteiger partial charge in [0.25, 0.3) is 0 Å². The molecule has 1 aromatic heterocycles. The third-order valence-electron chi connectivity index (χ3n) is 6.44. The third-order valence-corrected chi connectivity index (χ3v) is 6.44. The first-order valence-electron chi connectivity index (χ1n) is 12.9. The minimum atomic E-state index is -0.234. The van der Waals surface area contributed by atoms with Gasteiger partial charge in [0.15, 0.2) is 5.82 Å². The Morgan fingerprint density at radius 1 is 1.11 bits per heavy atom. The van der Waals surface area contributed by atoms with Gasteiger partial charge < -0.3 is 25.6 Å². The van der Waals surface area contributed by atoms with Crippen molar-refractivity contribution in [2.24, 2.45) is 0 Å². The summed E-state index contributed by atoms with van der Waals surface area (Å²) in [5.41, 5.74) is 3.70. The van der Waals surface area contributed by atoms with Crippen LogP contribution in [0.3, 0.4) is 0 Å². The summed E-state index contributed by atoms with van der Waals surface area (Å²) in [5.74, 6) is 1.65. The fraction of sp³-hybridized carbons (Fsp3) is 0.538. The first-order valence-corrected chi connectivity index (χ1v) is 12.9. The highest BCUT2D eigenvalue weighted by atomic mass is 16.5. The molecule has 10 heteroatoms. The summed E-state index contributed by atoms with van der Waals surface area (Å²) >= 11 is 0. The number of rotatable bonds is 8. The van der Waals surface area contributed by atoms with Crippen LogP contribution in [0.4, 0.5) is 16.3 Å². The highest BCUT2D eigenvalue weighted by molar-refractivity contribution is 5.89. The quantitative estimate of drug-likeness (QED) is 0.516. The lowest BCUT2D eigenvalue weighted by Crippen LogP contribution is -2.46. The number of carbonyl (C=O) groups is 2. The Morgan fingerprint density at radius 2 is 1.92 bits per heavy atom. The van der Waals surface area contributed by atoms with Gasteiger partial charge in [0, 0.05) is 49.5 Å². The summed E-state index contributed by atoms with van der Waals surface area (Å²) in [7, 11) is 0. The average molecular weight is 496 g/mol. The number of fused-ring (bicyclic) bond motifs is 1. The molecule has 2 aliphatic rings. The van der Waals surface area contributed by atoms with Gasteiger partial charge in [0.05, 0.1) is 31.5 Å². The van der Waals surface area contributed by atoms with Crippen molar-refractivity contribution in [2.45, 2.75) is 46.2 Å². The Morgan fingerprint density at radius 3 is 2.64 bits per heavy atom. The van der Waals surface area contributed by atoms with E-state index in [0.29, 0.717) is 50.9 Å². The maximum absolute atomic E-state index is 12.3. The molecule has 36 heavy (non-hydrogen) atoms. The van der Waals surface area contributed by atoms with Gasteiger partial charge in [-0.15, -0.1) is 0 Å². The number of amides is 3. The fourth-order valence-corrected chi connectivity index (χ4v) is 4.57. The standard InChI is InChI=1S/C26H37N7O3/c1-4-11-28-23(34)16-32-12-10-21-22(15-32)30-24(31-25(21)33-13-14-36-17-18(33)3)19-6-8-20(9-7-19)29-26(35)27-5-2/h6-9,18H,4-5,10-17H2,1-3H3,(H,28,34)(H2,27,29,35)/t18-/m0/s1. The Balaban J connectivity index is 1.62. The van der Waals surface area contributed by atoms with Gasteiger partial charge in [-0.3, -0.25) is 9.69 Å². The molecule has 0 spiro atoms. The molecule has 0 bridgehead atoms. The largest absolute Gasteiger partial charge is 0.377 e. The smallest absolute Gasteiger partial charge is 0.319 e. The molecule has 3 amide bonds. The van der Waals surface area contributed by atoms with Crippen LogP contribution in [0.5, 0.6) is 0 Å². The van der Waals surface area contributed by atoms with Gasteiger partial charge in [-0.05, 0) is 51.0 Å². The number of hydrogen-bond donors (Lipinski definition) is 3. The second-order valence-electron chi connectivity index (χ2n) is 9.29. The summed E-state index contributed by atoms with van der Waals surface area (Å²) in [6.45, 7) is 11.2. The molecule has 3 heterocycles. The SMILES string of the molecule is CCCNC(=O)CN1CCc2c(nc(-c3ccc(NC(=O)NCC)cc3)nc2N2CCOC[C@@H]2C)C1. The molecule has 1 atom stereocenters. The minimum Gasteiger partial charge on any atom is -0.377 e. The van der Waals surface area contributed by atoms with Crippen LogP contribution in [0.2, 0.25) is 0 Å². The third kappa shape index (κ3) is 6.30. The van der Waals surface area contributed by atoms with E-state index in [2.05, 4.69) is 32.7 Å². The number of benzene rings is 1. The summed E-state index contributed by atoms with van der Waals surface area (Å²) in [4.78, 5) is 38.7. The lowest BCUT2D eigenvalue weighted by Gasteiger charge is -2.37. The molecule has 3 N–H and O–H groups in total. The first kappa shape index (κ1) is 25.8. The number of anilines is 2. The molecule has 10 nitrogen and oxygen atoms in total. The Bertz CT molecular complexity index is 1060. The number of urea groups is 1. The lowest BCUT2D eigenvalue weighted by molar-refractivity contribution is -0.122. The maximum Gasteiger partial charge on any atom is 0.319 e. The van der Waals surface area contributed by atoms with E-state index in [0.717, 1.165) is 48.6 Å². The molecule has 0 unspecified atom stereocenters. The number of ether oxygens (including phenoxy) is 1. The van der Waals surface area contributed by atoms with Crippen molar-refractivity contribution in [3.8, 4) is 11.4 Å². The first-order chi connectivity index (χ1) is 17.5. The van der Waals surface area contributed by atoms with Gasteiger partial charge >= 0.3 is 6.03 Å². The van der Waals surface area contributed by atoms with E-state index < -0.39 is 0 Å². The number of aromatic nitrogens is 2. The van der Waals surface area contributed by atoms with Crippen molar-refractivity contribution < 1.29 is 14.3 Å². The van der Waals surface area contributed by atoms with Gasteiger partial charge in [-0.2, -0.15) is 0 Å². The minimum absolute atomic E-state index is 0.0480. The zero-order valence-electron chi connectivity index (χ0n) is 21.5. The molecule has 2 aliphatic heterocycles. The summed E-state index contributed by atoms with van der Waals surface area (Å²) < 4.78 is 5.67. The van der Waals surface area contributed by atoms with Crippen molar-refractivity contribution in [1.82, 2.24) is 25.5 Å². The van der Waals surface area contributed by atoms with Crippen LogP contribution >= 0.6 is 0 Å². The predicted molar refractivity (Wildman–Crippen MR) is 140 cm³/mol. The molecular weight excluding hydrogens is 458 g/mol. The molecule has 1 aromatic carbocycles. The monoisotopic (exact) mass is 495 g/mol. The molecule has 194 valence electrons. The van der Waals surface area contributed by atoms with E-state index in [1.54, 1.807) is 0 Å². The predicted octanol–water partition coefficient (Wildman–Crippen LogP) is 2.39. The highest BCUT2D eigenvalue weighted by Crippen LogP contribution is 2.31. The van der Waals surface area contributed by atoms with Gasteiger partial charge in [0.2, 0.25) is 5.91 Å². The normalized spacial score (nSPS) is 17.9. The molecule has 2 aromatic rings. The second kappa shape index (κ2) is 12.1. The van der Waals surface area contributed by atoms with Gasteiger partial charge in [0.1, 0.15) is 5.82 Å². The number of nitrogens with one attached hydrogen (secondary N) is 3. The van der Waals surface area contributed by atoms with Crippen LogP contribution in [0.15, 0.2) is 24.3 Å². The van der Waals surface area contributed by atoms with Crippen LogP contribution < -0.4 is 20.9 Å². The van der Waals surface area contributed by atoms with Crippen molar-refractivity contribution in [2.75, 3.05) is 56.2 Å². The maximum atomic E-state index is 12.3. The van der Waals surface area contributed by atoms with Crippen LogP contribution in [0.25, 0.3) is 11.4 Å². The fourth-order valence-electron chi connectivity index (χ4n) is 4.57. The zero-order valence-corrected chi connectivity index (χ0v) is 21.5.